The highest BCUT2D eigenvalue weighted by molar-refractivity contribution is 5.95. The Morgan fingerprint density at radius 3 is 2.38 bits per heavy atom. The smallest absolute Gasteiger partial charge is 0.228 e. The molecule has 0 radical (unpaired) electrons. The molecule has 3 aromatic rings. The molecule has 1 amide bonds. The normalized spacial score (nSPS) is 10.5. The fourth-order valence-electron chi connectivity index (χ4n) is 2.36. The number of aryl methyl sites for hydroxylation is 1. The van der Waals surface area contributed by atoms with Crippen LogP contribution in [-0.2, 0) is 11.2 Å². The minimum absolute atomic E-state index is 0.00846. The van der Waals surface area contributed by atoms with Gasteiger partial charge in [-0.25, -0.2) is 0 Å². The van der Waals surface area contributed by atoms with Gasteiger partial charge in [-0.3, -0.25) is 4.79 Å². The lowest BCUT2D eigenvalue weighted by molar-refractivity contribution is -0.115. The largest absolute Gasteiger partial charge is 0.326 e. The molecule has 0 aromatic heterocycles. The van der Waals surface area contributed by atoms with Crippen LogP contribution in [0.15, 0.2) is 66.7 Å². The summed E-state index contributed by atoms with van der Waals surface area (Å²) >= 11 is 0. The highest BCUT2D eigenvalue weighted by Gasteiger charge is 2.04. The molecule has 0 aliphatic heterocycles. The van der Waals surface area contributed by atoms with Crippen LogP contribution in [0.1, 0.15) is 11.1 Å². The van der Waals surface area contributed by atoms with Gasteiger partial charge in [-0.05, 0) is 35.4 Å². The summed E-state index contributed by atoms with van der Waals surface area (Å²) in [5.41, 5.74) is 3.07. The first-order valence-corrected chi connectivity index (χ1v) is 7.05. The predicted octanol–water partition coefficient (Wildman–Crippen LogP) is 4.33. The molecule has 0 heterocycles. The summed E-state index contributed by atoms with van der Waals surface area (Å²) in [5, 5.41) is 5.26. The van der Waals surface area contributed by atoms with Gasteiger partial charge in [0.15, 0.2) is 0 Å². The van der Waals surface area contributed by atoms with Crippen LogP contribution in [-0.4, -0.2) is 5.91 Å². The Morgan fingerprint density at radius 1 is 0.905 bits per heavy atom. The molecule has 21 heavy (non-hydrogen) atoms. The van der Waals surface area contributed by atoms with Gasteiger partial charge in [0.05, 0.1) is 6.42 Å². The van der Waals surface area contributed by atoms with Crippen molar-refractivity contribution < 1.29 is 4.79 Å². The fourth-order valence-corrected chi connectivity index (χ4v) is 2.36. The molecule has 3 rings (SSSR count). The summed E-state index contributed by atoms with van der Waals surface area (Å²) in [6.45, 7) is 2.04. The number of hydrogen-bond donors (Lipinski definition) is 1. The van der Waals surface area contributed by atoms with Gasteiger partial charge < -0.3 is 5.32 Å². The molecule has 2 heteroatoms. The Labute approximate surface area is 124 Å². The Balaban J connectivity index is 1.72. The standard InChI is InChI=1S/C19H17NO/c1-14-6-8-15(9-7-14)12-19(21)20-18-11-10-16-4-2-3-5-17(16)13-18/h2-11,13H,12H2,1H3,(H,20,21). The van der Waals surface area contributed by atoms with E-state index in [1.165, 1.54) is 10.9 Å². The summed E-state index contributed by atoms with van der Waals surface area (Å²) in [6.07, 6.45) is 0.396. The summed E-state index contributed by atoms with van der Waals surface area (Å²) < 4.78 is 0. The van der Waals surface area contributed by atoms with Crippen LogP contribution in [0.25, 0.3) is 10.8 Å². The monoisotopic (exact) mass is 275 g/mol. The molecule has 0 saturated heterocycles. The summed E-state index contributed by atoms with van der Waals surface area (Å²) in [6, 6.07) is 22.1. The number of nitrogens with one attached hydrogen (secondary N) is 1. The molecule has 0 atom stereocenters. The average molecular weight is 275 g/mol. The zero-order chi connectivity index (χ0) is 14.7. The highest BCUT2D eigenvalue weighted by Crippen LogP contribution is 2.19. The van der Waals surface area contributed by atoms with Crippen LogP contribution in [0.5, 0.6) is 0 Å². The first-order valence-electron chi connectivity index (χ1n) is 7.05. The number of fused-ring (bicyclic) bond motifs is 1. The van der Waals surface area contributed by atoms with Crippen molar-refractivity contribution in [2.75, 3.05) is 5.32 Å². The van der Waals surface area contributed by atoms with Crippen LogP contribution in [0.3, 0.4) is 0 Å². The van der Waals surface area contributed by atoms with Gasteiger partial charge >= 0.3 is 0 Å². The van der Waals surface area contributed by atoms with Gasteiger partial charge in [-0.1, -0.05) is 60.2 Å². The van der Waals surface area contributed by atoms with Crippen LogP contribution in [0, 0.1) is 6.92 Å². The van der Waals surface area contributed by atoms with Gasteiger partial charge in [-0.15, -0.1) is 0 Å². The van der Waals surface area contributed by atoms with Crippen molar-refractivity contribution in [2.45, 2.75) is 13.3 Å². The van der Waals surface area contributed by atoms with Crippen LogP contribution >= 0.6 is 0 Å². The summed E-state index contributed by atoms with van der Waals surface area (Å²) in [5.74, 6) is 0.00846. The fraction of sp³-hybridized carbons (Fsp3) is 0.105. The molecule has 0 fully saturated rings. The van der Waals surface area contributed by atoms with Gasteiger partial charge in [0.25, 0.3) is 0 Å². The van der Waals surface area contributed by atoms with E-state index in [4.69, 9.17) is 0 Å². The van der Waals surface area contributed by atoms with Gasteiger partial charge in [0, 0.05) is 5.69 Å². The second kappa shape index (κ2) is 5.80. The Kier molecular flexibility index (Phi) is 3.69. The van der Waals surface area contributed by atoms with Crippen molar-refractivity contribution in [3.63, 3.8) is 0 Å². The Bertz CT molecular complexity index is 775. The number of amides is 1. The topological polar surface area (TPSA) is 29.1 Å². The van der Waals surface area contributed by atoms with Crippen LogP contribution < -0.4 is 5.32 Å². The van der Waals surface area contributed by atoms with E-state index >= 15 is 0 Å². The number of carbonyl (C=O) groups excluding carboxylic acids is 1. The van der Waals surface area contributed by atoms with E-state index < -0.39 is 0 Å². The number of carbonyl (C=O) groups is 1. The second-order valence-electron chi connectivity index (χ2n) is 5.27. The number of hydrogen-bond acceptors (Lipinski definition) is 1. The number of rotatable bonds is 3. The van der Waals surface area contributed by atoms with E-state index in [-0.39, 0.29) is 5.91 Å². The average Bonchev–Trinajstić information content (AvgIpc) is 2.49. The SMILES string of the molecule is Cc1ccc(CC(=O)Nc2ccc3ccccc3c2)cc1. The molecular formula is C19H17NO. The number of anilines is 1. The predicted molar refractivity (Wildman–Crippen MR) is 87.5 cm³/mol. The molecule has 0 unspecified atom stereocenters. The van der Waals surface area contributed by atoms with E-state index in [1.807, 2.05) is 67.6 Å². The van der Waals surface area contributed by atoms with Crippen LogP contribution in [0.2, 0.25) is 0 Å². The zero-order valence-electron chi connectivity index (χ0n) is 12.0. The third-order valence-corrected chi connectivity index (χ3v) is 3.52. The number of benzene rings is 3. The van der Waals surface area contributed by atoms with Gasteiger partial charge in [0.1, 0.15) is 0 Å². The minimum atomic E-state index is 0.00846. The lowest BCUT2D eigenvalue weighted by Gasteiger charge is -2.07. The van der Waals surface area contributed by atoms with Gasteiger partial charge in [-0.2, -0.15) is 0 Å². The maximum atomic E-state index is 12.1. The van der Waals surface area contributed by atoms with E-state index in [9.17, 15) is 4.79 Å². The quantitative estimate of drug-likeness (QED) is 0.757. The minimum Gasteiger partial charge on any atom is -0.326 e. The molecule has 0 aliphatic rings. The third kappa shape index (κ3) is 3.29. The summed E-state index contributed by atoms with van der Waals surface area (Å²) in [7, 11) is 0. The lowest BCUT2D eigenvalue weighted by atomic mass is 10.1. The van der Waals surface area contributed by atoms with Crippen molar-refractivity contribution in [1.82, 2.24) is 0 Å². The van der Waals surface area contributed by atoms with Crippen LogP contribution in [0.4, 0.5) is 5.69 Å². The maximum Gasteiger partial charge on any atom is 0.228 e. The Morgan fingerprint density at radius 2 is 1.62 bits per heavy atom. The molecule has 104 valence electrons. The van der Waals surface area contributed by atoms with Crippen molar-refractivity contribution in [1.29, 1.82) is 0 Å². The Hall–Kier alpha value is -2.61. The van der Waals surface area contributed by atoms with E-state index in [1.54, 1.807) is 0 Å². The molecule has 0 bridgehead atoms. The second-order valence-corrected chi connectivity index (χ2v) is 5.27. The van der Waals surface area contributed by atoms with E-state index in [0.717, 1.165) is 16.6 Å². The molecular weight excluding hydrogens is 258 g/mol. The molecule has 0 spiro atoms. The molecule has 0 saturated carbocycles. The molecule has 2 nitrogen and oxygen atoms in total. The molecule has 0 aliphatic carbocycles. The van der Waals surface area contributed by atoms with Crippen molar-refractivity contribution in [3.8, 4) is 0 Å². The van der Waals surface area contributed by atoms with Crippen molar-refractivity contribution >= 4 is 22.4 Å². The highest BCUT2D eigenvalue weighted by atomic mass is 16.1. The maximum absolute atomic E-state index is 12.1. The molecule has 1 N–H and O–H groups in total. The summed E-state index contributed by atoms with van der Waals surface area (Å²) in [4.78, 5) is 12.1. The lowest BCUT2D eigenvalue weighted by Crippen LogP contribution is -2.14. The van der Waals surface area contributed by atoms with Crippen molar-refractivity contribution in [2.24, 2.45) is 0 Å². The van der Waals surface area contributed by atoms with Crippen molar-refractivity contribution in [3.05, 3.63) is 77.9 Å². The van der Waals surface area contributed by atoms with E-state index in [2.05, 4.69) is 11.4 Å². The van der Waals surface area contributed by atoms with E-state index in [0.29, 0.717) is 6.42 Å². The first kappa shape index (κ1) is 13.4. The first-order chi connectivity index (χ1) is 10.2. The zero-order valence-corrected chi connectivity index (χ0v) is 12.0. The third-order valence-electron chi connectivity index (χ3n) is 3.52. The van der Waals surface area contributed by atoms with Gasteiger partial charge in [0.2, 0.25) is 5.91 Å². The molecule has 3 aromatic carbocycles.